The molecular formula is C13H17N3O4. The van der Waals surface area contributed by atoms with E-state index in [9.17, 15) is 9.59 Å². The molecule has 1 aliphatic heterocycles. The van der Waals surface area contributed by atoms with E-state index in [2.05, 4.69) is 4.98 Å². The Hall–Kier alpha value is -2.31. The zero-order valence-corrected chi connectivity index (χ0v) is 11.8. The summed E-state index contributed by atoms with van der Waals surface area (Å²) in [6, 6.07) is 3.17. The molecule has 7 heteroatoms. The number of nitrogens with zero attached hydrogens (tertiary/aromatic N) is 3. The molecule has 2 rings (SSSR count). The third kappa shape index (κ3) is 2.52. The molecule has 0 aromatic carbocycles. The van der Waals surface area contributed by atoms with E-state index >= 15 is 0 Å². The quantitative estimate of drug-likeness (QED) is 0.814. The zero-order chi connectivity index (χ0) is 14.7. The second-order valence-corrected chi connectivity index (χ2v) is 4.33. The Morgan fingerprint density at radius 2 is 1.85 bits per heavy atom. The first-order valence-electron chi connectivity index (χ1n) is 6.27. The number of methoxy groups -OCH3 is 2. The van der Waals surface area contributed by atoms with E-state index in [-0.39, 0.29) is 17.7 Å². The third-order valence-corrected chi connectivity index (χ3v) is 3.10. The molecule has 0 N–H and O–H groups in total. The van der Waals surface area contributed by atoms with Gasteiger partial charge in [-0.1, -0.05) is 0 Å². The van der Waals surface area contributed by atoms with Crippen LogP contribution in [0.5, 0.6) is 11.8 Å². The second kappa shape index (κ2) is 5.77. The summed E-state index contributed by atoms with van der Waals surface area (Å²) in [4.78, 5) is 28.1. The number of amides is 2. The Bertz CT molecular complexity index is 532. The molecule has 2 heterocycles. The fraction of sp³-hybridized carbons (Fsp3) is 0.462. The number of rotatable bonds is 3. The summed E-state index contributed by atoms with van der Waals surface area (Å²) in [6.45, 7) is 2.50. The van der Waals surface area contributed by atoms with Crippen molar-refractivity contribution in [1.29, 1.82) is 0 Å². The predicted octanol–water partition coefficient (Wildman–Crippen LogP) is 0.708. The number of aromatic nitrogens is 1. The first kappa shape index (κ1) is 14.1. The van der Waals surface area contributed by atoms with Crippen molar-refractivity contribution in [1.82, 2.24) is 15.0 Å². The van der Waals surface area contributed by atoms with Crippen molar-refractivity contribution in [2.24, 2.45) is 0 Å². The summed E-state index contributed by atoms with van der Waals surface area (Å²) < 4.78 is 10.1. The maximum absolute atomic E-state index is 12.5. The van der Waals surface area contributed by atoms with E-state index in [0.717, 1.165) is 6.42 Å². The summed E-state index contributed by atoms with van der Waals surface area (Å²) in [5, 5.41) is 2.86. The summed E-state index contributed by atoms with van der Waals surface area (Å²) in [6.07, 6.45) is 0.761. The van der Waals surface area contributed by atoms with E-state index in [4.69, 9.17) is 9.47 Å². The fourth-order valence-corrected chi connectivity index (χ4v) is 2.14. The standard InChI is InChI=1S/C13H17N3O4/c1-9(17)15-7-4-8-16(15)13(18)10-5-6-11(19-2)14-12(10)20-3/h5-6H,4,7-8H2,1-3H3. The average Bonchev–Trinajstić information content (AvgIpc) is 2.95. The summed E-state index contributed by atoms with van der Waals surface area (Å²) in [5.74, 6) is 0.0917. The fourth-order valence-electron chi connectivity index (χ4n) is 2.14. The molecule has 0 unspecified atom stereocenters. The van der Waals surface area contributed by atoms with E-state index in [1.165, 1.54) is 31.2 Å². The molecule has 1 fully saturated rings. The van der Waals surface area contributed by atoms with Crippen LogP contribution in [0, 0.1) is 0 Å². The van der Waals surface area contributed by atoms with E-state index in [0.29, 0.717) is 24.5 Å². The van der Waals surface area contributed by atoms with Crippen LogP contribution in [0.15, 0.2) is 12.1 Å². The van der Waals surface area contributed by atoms with Crippen LogP contribution in [0.1, 0.15) is 23.7 Å². The molecule has 0 spiro atoms. The highest BCUT2D eigenvalue weighted by Gasteiger charge is 2.31. The van der Waals surface area contributed by atoms with Crippen molar-refractivity contribution in [3.8, 4) is 11.8 Å². The highest BCUT2D eigenvalue weighted by molar-refractivity contribution is 5.97. The van der Waals surface area contributed by atoms with Gasteiger partial charge in [-0.05, 0) is 12.5 Å². The largest absolute Gasteiger partial charge is 0.481 e. The molecule has 0 saturated carbocycles. The van der Waals surface area contributed by atoms with Crippen LogP contribution in [-0.2, 0) is 4.79 Å². The SMILES string of the molecule is COc1ccc(C(=O)N2CCCN2C(C)=O)c(OC)n1. The van der Waals surface area contributed by atoms with Crippen molar-refractivity contribution < 1.29 is 19.1 Å². The van der Waals surface area contributed by atoms with Crippen LogP contribution in [0.25, 0.3) is 0 Å². The number of ether oxygens (including phenoxy) is 2. The van der Waals surface area contributed by atoms with Gasteiger partial charge in [-0.3, -0.25) is 14.6 Å². The lowest BCUT2D eigenvalue weighted by Crippen LogP contribution is -2.43. The van der Waals surface area contributed by atoms with Crippen molar-refractivity contribution in [2.75, 3.05) is 27.3 Å². The number of pyridine rings is 1. The van der Waals surface area contributed by atoms with Gasteiger partial charge in [0.25, 0.3) is 5.91 Å². The number of carbonyl (C=O) groups is 2. The van der Waals surface area contributed by atoms with Gasteiger partial charge in [0.2, 0.25) is 17.7 Å². The molecule has 2 amide bonds. The first-order valence-corrected chi connectivity index (χ1v) is 6.27. The number of hydrogen-bond acceptors (Lipinski definition) is 5. The normalized spacial score (nSPS) is 14.3. The van der Waals surface area contributed by atoms with Crippen LogP contribution in [0.4, 0.5) is 0 Å². The molecule has 1 saturated heterocycles. The first-order chi connectivity index (χ1) is 9.58. The lowest BCUT2D eigenvalue weighted by atomic mass is 10.2. The van der Waals surface area contributed by atoms with Gasteiger partial charge >= 0.3 is 0 Å². The molecule has 0 bridgehead atoms. The van der Waals surface area contributed by atoms with Gasteiger partial charge in [-0.25, -0.2) is 5.01 Å². The van der Waals surface area contributed by atoms with Crippen LogP contribution in [0.2, 0.25) is 0 Å². The molecule has 0 radical (unpaired) electrons. The van der Waals surface area contributed by atoms with Gasteiger partial charge in [-0.2, -0.15) is 4.98 Å². The topological polar surface area (TPSA) is 72.0 Å². The Morgan fingerprint density at radius 1 is 1.15 bits per heavy atom. The van der Waals surface area contributed by atoms with Gasteiger partial charge < -0.3 is 9.47 Å². The Kier molecular flexibility index (Phi) is 4.07. The molecule has 0 aliphatic carbocycles. The zero-order valence-electron chi connectivity index (χ0n) is 11.8. The lowest BCUT2D eigenvalue weighted by molar-refractivity contribution is -0.138. The minimum absolute atomic E-state index is 0.156. The number of hydrazine groups is 1. The highest BCUT2D eigenvalue weighted by Crippen LogP contribution is 2.23. The van der Waals surface area contributed by atoms with Gasteiger partial charge in [-0.15, -0.1) is 0 Å². The van der Waals surface area contributed by atoms with Crippen molar-refractivity contribution in [3.63, 3.8) is 0 Å². The van der Waals surface area contributed by atoms with Gasteiger partial charge in [0.05, 0.1) is 14.2 Å². The molecule has 108 valence electrons. The maximum atomic E-state index is 12.5. The summed E-state index contributed by atoms with van der Waals surface area (Å²) >= 11 is 0. The average molecular weight is 279 g/mol. The van der Waals surface area contributed by atoms with Crippen molar-refractivity contribution in [3.05, 3.63) is 17.7 Å². The Labute approximate surface area is 117 Å². The van der Waals surface area contributed by atoms with Crippen LogP contribution < -0.4 is 9.47 Å². The van der Waals surface area contributed by atoms with E-state index < -0.39 is 0 Å². The van der Waals surface area contributed by atoms with Crippen LogP contribution in [0.3, 0.4) is 0 Å². The van der Waals surface area contributed by atoms with Gasteiger partial charge in [0.15, 0.2) is 0 Å². The number of carbonyl (C=O) groups excluding carboxylic acids is 2. The molecule has 1 aromatic rings. The van der Waals surface area contributed by atoms with Gasteiger partial charge in [0, 0.05) is 26.1 Å². The molecular weight excluding hydrogens is 262 g/mol. The smallest absolute Gasteiger partial charge is 0.277 e. The molecule has 20 heavy (non-hydrogen) atoms. The minimum Gasteiger partial charge on any atom is -0.481 e. The molecule has 0 atom stereocenters. The molecule has 1 aliphatic rings. The second-order valence-electron chi connectivity index (χ2n) is 4.33. The summed E-state index contributed by atoms with van der Waals surface area (Å²) in [5.41, 5.74) is 0.307. The Morgan fingerprint density at radius 3 is 2.45 bits per heavy atom. The van der Waals surface area contributed by atoms with Crippen LogP contribution in [-0.4, -0.2) is 54.1 Å². The molecule has 7 nitrogen and oxygen atoms in total. The van der Waals surface area contributed by atoms with E-state index in [1.54, 1.807) is 12.1 Å². The number of hydrogen-bond donors (Lipinski definition) is 0. The highest BCUT2D eigenvalue weighted by atomic mass is 16.5. The predicted molar refractivity (Wildman–Crippen MR) is 70.4 cm³/mol. The maximum Gasteiger partial charge on any atom is 0.277 e. The minimum atomic E-state index is -0.301. The van der Waals surface area contributed by atoms with Crippen molar-refractivity contribution >= 4 is 11.8 Å². The van der Waals surface area contributed by atoms with E-state index in [1.807, 2.05) is 0 Å². The molecule has 1 aromatic heterocycles. The van der Waals surface area contributed by atoms with Gasteiger partial charge in [0.1, 0.15) is 5.56 Å². The lowest BCUT2D eigenvalue weighted by Gasteiger charge is -2.27. The Balaban J connectivity index is 2.31. The monoisotopic (exact) mass is 279 g/mol. The summed E-state index contributed by atoms with van der Waals surface area (Å²) in [7, 11) is 2.92. The van der Waals surface area contributed by atoms with Crippen LogP contribution >= 0.6 is 0 Å². The third-order valence-electron chi connectivity index (χ3n) is 3.10. The van der Waals surface area contributed by atoms with Crippen molar-refractivity contribution in [2.45, 2.75) is 13.3 Å².